The first-order chi connectivity index (χ1) is 10.2. The Morgan fingerprint density at radius 3 is 2.48 bits per heavy atom. The zero-order chi connectivity index (χ0) is 15.9. The first-order valence-corrected chi connectivity index (χ1v) is 7.90. The number of aromatic hydroxyl groups is 1. The Bertz CT molecular complexity index is 389. The van der Waals surface area contributed by atoms with Crippen LogP contribution in [0.5, 0.6) is 5.75 Å². The van der Waals surface area contributed by atoms with Crippen molar-refractivity contribution in [1.82, 2.24) is 0 Å². The molecule has 3 heteroatoms. The van der Waals surface area contributed by atoms with Crippen LogP contribution in [-0.4, -0.2) is 23.4 Å². The SMILES string of the molecule is CC=C(C)CCCO.CCCCCNc1ccccc1O. The number of nitrogens with one attached hydrogen (secondary N) is 1. The lowest BCUT2D eigenvalue weighted by Crippen LogP contribution is -2.00. The van der Waals surface area contributed by atoms with Gasteiger partial charge in [0.05, 0.1) is 5.69 Å². The molecule has 0 unspecified atom stereocenters. The summed E-state index contributed by atoms with van der Waals surface area (Å²) in [6.07, 6.45) is 7.63. The van der Waals surface area contributed by atoms with Gasteiger partial charge in [-0.2, -0.15) is 0 Å². The third kappa shape index (κ3) is 10.9. The largest absolute Gasteiger partial charge is 0.506 e. The molecule has 3 N–H and O–H groups in total. The molecule has 1 aromatic rings. The van der Waals surface area contributed by atoms with Gasteiger partial charge in [0, 0.05) is 13.2 Å². The van der Waals surface area contributed by atoms with E-state index in [1.165, 1.54) is 18.4 Å². The molecule has 3 nitrogen and oxygen atoms in total. The van der Waals surface area contributed by atoms with E-state index in [2.05, 4.69) is 25.2 Å². The van der Waals surface area contributed by atoms with Crippen LogP contribution in [0.4, 0.5) is 5.69 Å². The molecule has 1 rings (SSSR count). The minimum absolute atomic E-state index is 0.311. The summed E-state index contributed by atoms with van der Waals surface area (Å²) in [4.78, 5) is 0. The smallest absolute Gasteiger partial charge is 0.138 e. The van der Waals surface area contributed by atoms with Crippen molar-refractivity contribution < 1.29 is 10.2 Å². The lowest BCUT2D eigenvalue weighted by molar-refractivity contribution is 0.288. The van der Waals surface area contributed by atoms with Gasteiger partial charge >= 0.3 is 0 Å². The van der Waals surface area contributed by atoms with Crippen molar-refractivity contribution >= 4 is 5.69 Å². The minimum Gasteiger partial charge on any atom is -0.506 e. The van der Waals surface area contributed by atoms with E-state index in [0.29, 0.717) is 12.4 Å². The molecule has 0 fully saturated rings. The number of para-hydroxylation sites is 2. The Morgan fingerprint density at radius 2 is 1.90 bits per heavy atom. The third-order valence-corrected chi connectivity index (χ3v) is 3.22. The molecular formula is C18H31NO2. The van der Waals surface area contributed by atoms with Gasteiger partial charge in [-0.05, 0) is 45.2 Å². The monoisotopic (exact) mass is 293 g/mol. The van der Waals surface area contributed by atoms with Crippen LogP contribution in [-0.2, 0) is 0 Å². The number of aliphatic hydroxyl groups is 1. The molecule has 0 saturated heterocycles. The number of rotatable bonds is 8. The third-order valence-electron chi connectivity index (χ3n) is 3.22. The second-order valence-corrected chi connectivity index (χ2v) is 5.11. The van der Waals surface area contributed by atoms with Crippen molar-refractivity contribution in [1.29, 1.82) is 0 Å². The van der Waals surface area contributed by atoms with E-state index in [0.717, 1.165) is 31.5 Å². The zero-order valence-electron chi connectivity index (χ0n) is 13.7. The van der Waals surface area contributed by atoms with Crippen LogP contribution >= 0.6 is 0 Å². The van der Waals surface area contributed by atoms with Crippen molar-refractivity contribution in [2.75, 3.05) is 18.5 Å². The molecule has 0 aromatic heterocycles. The van der Waals surface area contributed by atoms with E-state index in [4.69, 9.17) is 5.11 Å². The molecular weight excluding hydrogens is 262 g/mol. The molecule has 21 heavy (non-hydrogen) atoms. The van der Waals surface area contributed by atoms with Crippen LogP contribution in [0.3, 0.4) is 0 Å². The zero-order valence-corrected chi connectivity index (χ0v) is 13.7. The van der Waals surface area contributed by atoms with Gasteiger partial charge in [0.15, 0.2) is 0 Å². The quantitative estimate of drug-likeness (QED) is 0.369. The standard InChI is InChI=1S/C11H17NO.C7H14O/c1-2-3-6-9-12-10-7-4-5-8-11(10)13;1-3-7(2)5-4-6-8/h4-5,7-8,12-13H,2-3,6,9H2,1H3;3,8H,4-6H2,1-2H3. The van der Waals surface area contributed by atoms with E-state index in [1.54, 1.807) is 6.07 Å². The summed E-state index contributed by atoms with van der Waals surface area (Å²) >= 11 is 0. The number of allylic oxidation sites excluding steroid dienone is 2. The number of hydrogen-bond donors (Lipinski definition) is 3. The van der Waals surface area contributed by atoms with E-state index >= 15 is 0 Å². The van der Waals surface area contributed by atoms with Crippen LogP contribution in [0.2, 0.25) is 0 Å². The fourth-order valence-corrected chi connectivity index (χ4v) is 1.72. The highest BCUT2D eigenvalue weighted by atomic mass is 16.3. The van der Waals surface area contributed by atoms with Crippen LogP contribution in [0, 0.1) is 0 Å². The predicted octanol–water partition coefficient (Wildman–Crippen LogP) is 4.72. The number of anilines is 1. The molecule has 0 spiro atoms. The van der Waals surface area contributed by atoms with Crippen molar-refractivity contribution in [3.63, 3.8) is 0 Å². The summed E-state index contributed by atoms with van der Waals surface area (Å²) in [7, 11) is 0. The first-order valence-electron chi connectivity index (χ1n) is 7.90. The molecule has 0 saturated carbocycles. The molecule has 0 amide bonds. The van der Waals surface area contributed by atoms with Crippen molar-refractivity contribution in [3.05, 3.63) is 35.9 Å². The Balaban J connectivity index is 0.000000433. The average Bonchev–Trinajstić information content (AvgIpc) is 2.51. The Kier molecular flexibility index (Phi) is 12.5. The maximum atomic E-state index is 9.40. The number of unbranched alkanes of at least 4 members (excludes halogenated alkanes) is 2. The molecule has 0 bridgehead atoms. The Morgan fingerprint density at radius 1 is 1.19 bits per heavy atom. The van der Waals surface area contributed by atoms with Crippen LogP contribution in [0.25, 0.3) is 0 Å². The molecule has 1 aromatic carbocycles. The maximum absolute atomic E-state index is 9.40. The van der Waals surface area contributed by atoms with Gasteiger partial charge in [0.25, 0.3) is 0 Å². The number of phenols is 1. The lowest BCUT2D eigenvalue weighted by atomic mass is 10.2. The van der Waals surface area contributed by atoms with Gasteiger partial charge in [0.1, 0.15) is 5.75 Å². The van der Waals surface area contributed by atoms with Crippen molar-refractivity contribution in [3.8, 4) is 5.75 Å². The summed E-state index contributed by atoms with van der Waals surface area (Å²) in [5.74, 6) is 0.332. The molecule has 0 atom stereocenters. The van der Waals surface area contributed by atoms with Crippen LogP contribution in [0.1, 0.15) is 52.9 Å². The molecule has 0 aliphatic heterocycles. The summed E-state index contributed by atoms with van der Waals surface area (Å²) in [5.41, 5.74) is 2.19. The number of hydrogen-bond acceptors (Lipinski definition) is 3. The van der Waals surface area contributed by atoms with Crippen LogP contribution in [0.15, 0.2) is 35.9 Å². The lowest BCUT2D eigenvalue weighted by Gasteiger charge is -2.06. The summed E-state index contributed by atoms with van der Waals surface area (Å²) in [6.45, 7) is 7.53. The summed E-state index contributed by atoms with van der Waals surface area (Å²) < 4.78 is 0. The van der Waals surface area contributed by atoms with E-state index in [1.807, 2.05) is 25.1 Å². The number of benzene rings is 1. The highest BCUT2D eigenvalue weighted by molar-refractivity contribution is 5.54. The first kappa shape index (κ1) is 19.5. The van der Waals surface area contributed by atoms with Gasteiger partial charge in [0.2, 0.25) is 0 Å². The Labute approximate surface area is 129 Å². The van der Waals surface area contributed by atoms with Crippen molar-refractivity contribution in [2.45, 2.75) is 52.9 Å². The molecule has 0 aliphatic rings. The van der Waals surface area contributed by atoms with Gasteiger partial charge in [-0.1, -0.05) is 43.5 Å². The van der Waals surface area contributed by atoms with Crippen molar-refractivity contribution in [2.24, 2.45) is 0 Å². The van der Waals surface area contributed by atoms with Gasteiger partial charge in [-0.15, -0.1) is 0 Å². The van der Waals surface area contributed by atoms with E-state index in [9.17, 15) is 5.11 Å². The average molecular weight is 293 g/mol. The summed E-state index contributed by atoms with van der Waals surface area (Å²) in [6, 6.07) is 7.33. The maximum Gasteiger partial charge on any atom is 0.138 e. The number of phenolic OH excluding ortho intramolecular Hbond substituents is 1. The normalized spacial score (nSPS) is 10.8. The summed E-state index contributed by atoms with van der Waals surface area (Å²) in [5, 5.41) is 21.0. The van der Waals surface area contributed by atoms with E-state index in [-0.39, 0.29) is 0 Å². The van der Waals surface area contributed by atoms with Gasteiger partial charge in [-0.3, -0.25) is 0 Å². The minimum atomic E-state index is 0.311. The topological polar surface area (TPSA) is 52.5 Å². The van der Waals surface area contributed by atoms with Crippen LogP contribution < -0.4 is 5.32 Å². The van der Waals surface area contributed by atoms with Gasteiger partial charge in [-0.25, -0.2) is 0 Å². The van der Waals surface area contributed by atoms with Gasteiger partial charge < -0.3 is 15.5 Å². The number of aliphatic hydroxyl groups excluding tert-OH is 1. The Hall–Kier alpha value is -1.48. The highest BCUT2D eigenvalue weighted by Gasteiger charge is 1.96. The second-order valence-electron chi connectivity index (χ2n) is 5.11. The molecule has 120 valence electrons. The second kappa shape index (κ2) is 13.5. The molecule has 0 aliphatic carbocycles. The molecule has 0 radical (unpaired) electrons. The predicted molar refractivity (Wildman–Crippen MR) is 91.9 cm³/mol. The highest BCUT2D eigenvalue weighted by Crippen LogP contribution is 2.21. The molecule has 0 heterocycles. The fourth-order valence-electron chi connectivity index (χ4n) is 1.72. The van der Waals surface area contributed by atoms with E-state index < -0.39 is 0 Å². The fraction of sp³-hybridized carbons (Fsp3) is 0.556.